The van der Waals surface area contributed by atoms with E-state index in [1.54, 1.807) is 0 Å². The molecule has 0 spiro atoms. The Labute approximate surface area is 530 Å². The van der Waals surface area contributed by atoms with Crippen LogP contribution in [-0.2, 0) is 31.5 Å². The molecule has 0 saturated heterocycles. The molecular weight excluding hydrogens is 1180 g/mol. The Morgan fingerprint density at radius 3 is 0.506 bits per heavy atom. The van der Waals surface area contributed by atoms with E-state index in [0.717, 1.165) is 257 Å². The van der Waals surface area contributed by atoms with Crippen LogP contribution >= 0.6 is 0 Å². The summed E-state index contributed by atoms with van der Waals surface area (Å²) in [6.45, 7) is 8.81. The summed E-state index contributed by atoms with van der Waals surface area (Å²) >= 11 is -6.01. The zero-order valence-electron chi connectivity index (χ0n) is 56.3. The molecule has 0 aliphatic heterocycles. The summed E-state index contributed by atoms with van der Waals surface area (Å²) in [7, 11) is 0. The van der Waals surface area contributed by atoms with Crippen molar-refractivity contribution in [2.75, 3.05) is 0 Å². The molecule has 0 aromatic heterocycles. The Hall–Kier alpha value is -1.48. The quantitative estimate of drug-likeness (QED) is 0.0334. The van der Waals surface area contributed by atoms with Crippen LogP contribution in [0.25, 0.3) is 0 Å². The first-order valence-electron chi connectivity index (χ1n) is 37.0. The molecule has 13 heteroatoms. The topological polar surface area (TPSA) is 186 Å². The second-order valence-corrected chi connectivity index (χ2v) is 31.1. The molecule has 504 valence electrons. The van der Waals surface area contributed by atoms with E-state index >= 15 is 0 Å². The Kier molecular flexibility index (Phi) is 62.9. The number of unbranched alkanes of at least 4 members (excludes halogenated alkanes) is 40. The molecule has 0 saturated carbocycles. The molecule has 0 amide bonds. The Balaban J connectivity index is 5.58. The smallest absolute Gasteiger partial charge is 0.393 e. The second-order valence-electron chi connectivity index (χ2n) is 25.9. The summed E-state index contributed by atoms with van der Waals surface area (Å²) in [6.07, 6.45) is 56.3. The van der Waals surface area contributed by atoms with Gasteiger partial charge >= 0.3 is 332 Å². The van der Waals surface area contributed by atoms with E-state index in [1.807, 2.05) is 0 Å². The molecule has 0 fully saturated rings. The normalized spacial score (nSPS) is 13.7. The third kappa shape index (κ3) is 59.9. The van der Waals surface area contributed by atoms with Crippen molar-refractivity contribution < 1.29 is 51.9 Å². The van der Waals surface area contributed by atoms with E-state index in [-0.39, 0.29) is 50.1 Å². The Bertz CT molecular complexity index is 1250. The van der Waals surface area contributed by atoms with Gasteiger partial charge in [0.1, 0.15) is 0 Å². The zero-order chi connectivity index (χ0) is 62.4. The molecule has 12 nitrogen and oxygen atoms in total. The molecule has 85 heavy (non-hydrogen) atoms. The number of rotatable bonds is 68. The number of hydrogen-bond donors (Lipinski definition) is 4. The van der Waals surface area contributed by atoms with Crippen LogP contribution in [0.2, 0.25) is 0 Å². The zero-order valence-corrected chi connectivity index (χ0v) is 59.1. The van der Waals surface area contributed by atoms with Gasteiger partial charge in [-0.3, -0.25) is 0 Å². The van der Waals surface area contributed by atoms with Crippen LogP contribution in [0, 0.1) is 0 Å². The van der Waals surface area contributed by atoms with Gasteiger partial charge in [-0.25, -0.2) is 0 Å². The van der Waals surface area contributed by atoms with Crippen molar-refractivity contribution >= 4 is 43.9 Å². The van der Waals surface area contributed by atoms with Crippen molar-refractivity contribution in [1.29, 1.82) is 0 Å². The second kappa shape index (κ2) is 64.1. The van der Waals surface area contributed by atoms with Crippen LogP contribution in [0.1, 0.15) is 413 Å². The fraction of sp³-hybridized carbons (Fsp3) is 0.944. The van der Waals surface area contributed by atoms with Crippen molar-refractivity contribution in [3.63, 3.8) is 0 Å². The molecule has 0 bridgehead atoms. The summed E-state index contributed by atoms with van der Waals surface area (Å²) in [5.41, 5.74) is 0. The number of carbonyl (C=O) groups excluding carboxylic acids is 4. The number of hydrogen-bond acceptors (Lipinski definition) is 12. The molecule has 0 aromatic carbocycles. The van der Waals surface area contributed by atoms with Gasteiger partial charge in [-0.05, 0) is 25.7 Å². The third-order valence-corrected chi connectivity index (χ3v) is 22.6. The molecule has 0 rings (SSSR count). The summed E-state index contributed by atoms with van der Waals surface area (Å²) in [6, 6.07) is 0. The standard InChI is InChI=1S/4C18H36O3.Sn/c4*1-2-3-4-11-14-17(19)15-12-9-7-5-6-8-10-13-16-18(20)21;/h4*17,19H,2-16H2,1H3,(H,20,21);/q;;;;+4/p-4. The molecule has 0 aliphatic carbocycles. The van der Waals surface area contributed by atoms with Crippen molar-refractivity contribution in [2.24, 2.45) is 0 Å². The van der Waals surface area contributed by atoms with Crippen LogP contribution in [0.5, 0.6) is 0 Å². The summed E-state index contributed by atoms with van der Waals surface area (Å²) in [5, 5.41) is 41.3. The first-order valence-corrected chi connectivity index (χ1v) is 41.7. The van der Waals surface area contributed by atoms with Crippen LogP contribution in [-0.4, -0.2) is 88.8 Å². The van der Waals surface area contributed by atoms with Crippen LogP contribution in [0.3, 0.4) is 0 Å². The van der Waals surface area contributed by atoms with E-state index in [4.69, 9.17) is 12.3 Å². The Morgan fingerprint density at radius 2 is 0.353 bits per heavy atom. The first-order chi connectivity index (χ1) is 41.4. The summed E-state index contributed by atoms with van der Waals surface area (Å²) < 4.78 is 23.8. The molecular formula is C72H140O12Sn. The van der Waals surface area contributed by atoms with E-state index in [9.17, 15) is 39.6 Å². The maximum absolute atomic E-state index is 13.7. The minimum absolute atomic E-state index is 0.0281. The van der Waals surface area contributed by atoms with Gasteiger partial charge in [-0.1, -0.05) is 130 Å². The van der Waals surface area contributed by atoms with Gasteiger partial charge in [0.25, 0.3) is 0 Å². The molecule has 0 aromatic rings. The average molecular weight is 1320 g/mol. The minimum atomic E-state index is -6.01. The van der Waals surface area contributed by atoms with E-state index in [2.05, 4.69) is 27.7 Å². The van der Waals surface area contributed by atoms with Crippen LogP contribution < -0.4 is 0 Å². The Morgan fingerprint density at radius 1 is 0.224 bits per heavy atom. The predicted molar refractivity (Wildman–Crippen MR) is 354 cm³/mol. The fourth-order valence-electron chi connectivity index (χ4n) is 11.5. The van der Waals surface area contributed by atoms with Crippen LogP contribution in [0.15, 0.2) is 0 Å². The van der Waals surface area contributed by atoms with Crippen molar-refractivity contribution in [3.8, 4) is 0 Å². The minimum Gasteiger partial charge on any atom is -0.393 e. The molecule has 0 aliphatic rings. The molecule has 4 unspecified atom stereocenters. The van der Waals surface area contributed by atoms with Gasteiger partial charge in [0, 0.05) is 0 Å². The van der Waals surface area contributed by atoms with Crippen molar-refractivity contribution in [1.82, 2.24) is 0 Å². The van der Waals surface area contributed by atoms with Gasteiger partial charge in [0.05, 0.1) is 24.4 Å². The summed E-state index contributed by atoms with van der Waals surface area (Å²) in [5.74, 6) is -2.72. The van der Waals surface area contributed by atoms with E-state index in [0.29, 0.717) is 25.7 Å². The predicted octanol–water partition coefficient (Wildman–Crippen LogP) is 20.5. The van der Waals surface area contributed by atoms with Gasteiger partial charge in [0.15, 0.2) is 0 Å². The van der Waals surface area contributed by atoms with Crippen LogP contribution in [0.4, 0.5) is 0 Å². The molecule has 4 atom stereocenters. The van der Waals surface area contributed by atoms with E-state index < -0.39 is 43.9 Å². The van der Waals surface area contributed by atoms with Gasteiger partial charge < -0.3 is 20.4 Å². The van der Waals surface area contributed by atoms with Crippen molar-refractivity contribution in [3.05, 3.63) is 0 Å². The fourth-order valence-corrected chi connectivity index (χ4v) is 16.6. The van der Waals surface area contributed by atoms with Gasteiger partial charge in [-0.15, -0.1) is 0 Å². The average Bonchev–Trinajstić information content (AvgIpc) is 3.60. The third-order valence-electron chi connectivity index (χ3n) is 17.2. The number of aliphatic hydroxyl groups excluding tert-OH is 4. The molecule has 0 radical (unpaired) electrons. The van der Waals surface area contributed by atoms with Crippen molar-refractivity contribution in [2.45, 2.75) is 437 Å². The SMILES string of the molecule is CCCCCCC(O)CCCCCCCCCCC(=O)[O][Sn]([O]C(=O)CCCCCCCCCCC(O)CCCCCC)([O]C(=O)CCCCCCCCCCC(O)CCCCCC)[O]C(=O)CCCCCCCCCCC(O)CCCCCC. The molecule has 4 N–H and O–H groups in total. The van der Waals surface area contributed by atoms with Gasteiger partial charge in [0.2, 0.25) is 0 Å². The monoisotopic (exact) mass is 1320 g/mol. The first kappa shape index (κ1) is 83.5. The van der Waals surface area contributed by atoms with E-state index in [1.165, 1.54) is 77.0 Å². The number of carbonyl (C=O) groups is 4. The summed E-state index contributed by atoms with van der Waals surface area (Å²) in [4.78, 5) is 54.9. The van der Waals surface area contributed by atoms with Gasteiger partial charge in [-0.2, -0.15) is 0 Å². The maximum atomic E-state index is 13.7. The molecule has 0 heterocycles. The number of aliphatic hydroxyl groups is 4.